The summed E-state index contributed by atoms with van der Waals surface area (Å²) in [5.41, 5.74) is 1.83. The molecule has 0 amide bonds. The molecule has 108 valence electrons. The molecule has 0 fully saturated rings. The van der Waals surface area contributed by atoms with Gasteiger partial charge in [0.1, 0.15) is 0 Å². The van der Waals surface area contributed by atoms with Gasteiger partial charge in [-0.1, -0.05) is 17.7 Å². The zero-order valence-corrected chi connectivity index (χ0v) is 12.9. The average molecular weight is 285 g/mol. The van der Waals surface area contributed by atoms with Crippen molar-refractivity contribution < 1.29 is 13.2 Å². The van der Waals surface area contributed by atoms with Gasteiger partial charge < -0.3 is 4.74 Å². The van der Waals surface area contributed by atoms with E-state index in [1.807, 2.05) is 39.8 Å². The highest BCUT2D eigenvalue weighted by molar-refractivity contribution is 7.89. The van der Waals surface area contributed by atoms with Crippen LogP contribution in [0.4, 0.5) is 0 Å². The Morgan fingerprint density at radius 2 is 1.95 bits per heavy atom. The molecule has 0 saturated heterocycles. The molecule has 0 atom stereocenters. The van der Waals surface area contributed by atoms with Crippen LogP contribution in [-0.2, 0) is 14.8 Å². The maximum Gasteiger partial charge on any atom is 0.240 e. The van der Waals surface area contributed by atoms with Gasteiger partial charge in [0.2, 0.25) is 10.0 Å². The molecule has 0 aromatic heterocycles. The van der Waals surface area contributed by atoms with E-state index < -0.39 is 10.0 Å². The summed E-state index contributed by atoms with van der Waals surface area (Å²) in [5.74, 6) is 0. The quantitative estimate of drug-likeness (QED) is 0.783. The van der Waals surface area contributed by atoms with E-state index in [4.69, 9.17) is 4.74 Å². The summed E-state index contributed by atoms with van der Waals surface area (Å²) in [5, 5.41) is 0. The van der Waals surface area contributed by atoms with Gasteiger partial charge in [0.25, 0.3) is 0 Å². The second-order valence-electron chi connectivity index (χ2n) is 4.94. The van der Waals surface area contributed by atoms with Crippen LogP contribution in [0.15, 0.2) is 23.1 Å². The molecule has 1 aromatic rings. The molecule has 1 aromatic carbocycles. The lowest BCUT2D eigenvalue weighted by molar-refractivity contribution is 0.0778. The Morgan fingerprint density at radius 3 is 2.53 bits per heavy atom. The number of hydrogen-bond acceptors (Lipinski definition) is 3. The summed E-state index contributed by atoms with van der Waals surface area (Å²) in [6, 6.07) is 5.33. The van der Waals surface area contributed by atoms with E-state index in [1.165, 1.54) is 0 Å². The molecule has 1 N–H and O–H groups in total. The molecule has 0 radical (unpaired) electrons. The Balaban J connectivity index is 2.56. The van der Waals surface area contributed by atoms with Gasteiger partial charge in [-0.25, -0.2) is 13.1 Å². The van der Waals surface area contributed by atoms with Crippen LogP contribution in [0.2, 0.25) is 0 Å². The summed E-state index contributed by atoms with van der Waals surface area (Å²) in [6.45, 7) is 8.62. The van der Waals surface area contributed by atoms with E-state index in [1.54, 1.807) is 6.07 Å². The molecule has 0 spiro atoms. The lowest BCUT2D eigenvalue weighted by Gasteiger charge is -2.11. The number of hydrogen-bond donors (Lipinski definition) is 1. The van der Waals surface area contributed by atoms with Crippen LogP contribution in [0.25, 0.3) is 0 Å². The zero-order valence-electron chi connectivity index (χ0n) is 12.1. The molecule has 0 aliphatic heterocycles. The maximum absolute atomic E-state index is 12.1. The van der Waals surface area contributed by atoms with Gasteiger partial charge >= 0.3 is 0 Å². The highest BCUT2D eigenvalue weighted by Crippen LogP contribution is 2.16. The van der Waals surface area contributed by atoms with E-state index in [0.717, 1.165) is 11.1 Å². The van der Waals surface area contributed by atoms with Crippen LogP contribution in [-0.4, -0.2) is 27.7 Å². The fraction of sp³-hybridized carbons (Fsp3) is 0.571. The third-order valence-corrected chi connectivity index (χ3v) is 4.31. The van der Waals surface area contributed by atoms with Crippen LogP contribution < -0.4 is 4.72 Å². The van der Waals surface area contributed by atoms with Crippen molar-refractivity contribution in [3.63, 3.8) is 0 Å². The van der Waals surface area contributed by atoms with E-state index in [2.05, 4.69) is 4.72 Å². The normalized spacial score (nSPS) is 12.1. The van der Waals surface area contributed by atoms with E-state index >= 15 is 0 Å². The van der Waals surface area contributed by atoms with Crippen LogP contribution >= 0.6 is 0 Å². The topological polar surface area (TPSA) is 55.4 Å². The van der Waals surface area contributed by atoms with E-state index in [9.17, 15) is 8.42 Å². The Hall–Kier alpha value is -0.910. The summed E-state index contributed by atoms with van der Waals surface area (Å²) in [6.07, 6.45) is 0.846. The van der Waals surface area contributed by atoms with Gasteiger partial charge in [0, 0.05) is 13.2 Å². The minimum atomic E-state index is -3.41. The van der Waals surface area contributed by atoms with Gasteiger partial charge in [-0.2, -0.15) is 0 Å². The first kappa shape index (κ1) is 16.1. The third-order valence-electron chi connectivity index (χ3n) is 2.68. The molecule has 0 saturated carbocycles. The molecule has 19 heavy (non-hydrogen) atoms. The van der Waals surface area contributed by atoms with Crippen molar-refractivity contribution in [3.05, 3.63) is 29.3 Å². The largest absolute Gasteiger partial charge is 0.379 e. The molecule has 0 bridgehead atoms. The highest BCUT2D eigenvalue weighted by atomic mass is 32.2. The van der Waals surface area contributed by atoms with Gasteiger partial charge in [-0.15, -0.1) is 0 Å². The average Bonchev–Trinajstić information content (AvgIpc) is 2.27. The SMILES string of the molecule is Cc1ccc(S(=O)(=O)NCCCOC(C)C)c(C)c1. The van der Waals surface area contributed by atoms with Crippen molar-refractivity contribution in [2.45, 2.75) is 45.1 Å². The van der Waals surface area contributed by atoms with Gasteiger partial charge in [0.05, 0.1) is 11.0 Å². The summed E-state index contributed by atoms with van der Waals surface area (Å²) in [7, 11) is -3.41. The Labute approximate surface area is 116 Å². The van der Waals surface area contributed by atoms with E-state index in [-0.39, 0.29) is 6.10 Å². The monoisotopic (exact) mass is 285 g/mol. The highest BCUT2D eigenvalue weighted by Gasteiger charge is 2.15. The minimum absolute atomic E-state index is 0.177. The molecular formula is C14H23NO3S. The molecule has 5 heteroatoms. The maximum atomic E-state index is 12.1. The number of aryl methyl sites for hydroxylation is 2. The molecule has 0 aliphatic rings. The number of ether oxygens (including phenoxy) is 1. The first-order valence-electron chi connectivity index (χ1n) is 6.51. The smallest absolute Gasteiger partial charge is 0.240 e. The first-order chi connectivity index (χ1) is 8.83. The lowest BCUT2D eigenvalue weighted by atomic mass is 10.2. The fourth-order valence-electron chi connectivity index (χ4n) is 1.78. The number of rotatable bonds is 7. The summed E-state index contributed by atoms with van der Waals surface area (Å²) < 4.78 is 32.2. The van der Waals surface area contributed by atoms with Gasteiger partial charge in [-0.3, -0.25) is 0 Å². The molecule has 1 rings (SSSR count). The van der Waals surface area contributed by atoms with Crippen molar-refractivity contribution in [2.75, 3.05) is 13.2 Å². The molecule has 4 nitrogen and oxygen atoms in total. The van der Waals surface area contributed by atoms with Crippen LogP contribution in [0, 0.1) is 13.8 Å². The number of nitrogens with one attached hydrogen (secondary N) is 1. The Morgan fingerprint density at radius 1 is 1.26 bits per heavy atom. The molecular weight excluding hydrogens is 262 g/mol. The van der Waals surface area contributed by atoms with Crippen LogP contribution in [0.3, 0.4) is 0 Å². The van der Waals surface area contributed by atoms with Gasteiger partial charge in [0.15, 0.2) is 0 Å². The van der Waals surface area contributed by atoms with Crippen molar-refractivity contribution in [2.24, 2.45) is 0 Å². The lowest BCUT2D eigenvalue weighted by Crippen LogP contribution is -2.26. The molecule has 0 aliphatic carbocycles. The van der Waals surface area contributed by atoms with Crippen molar-refractivity contribution in [1.82, 2.24) is 4.72 Å². The Bertz CT molecular complexity index is 509. The predicted molar refractivity (Wildman–Crippen MR) is 76.8 cm³/mol. The summed E-state index contributed by atoms with van der Waals surface area (Å²) >= 11 is 0. The second-order valence-corrected chi connectivity index (χ2v) is 6.68. The number of sulfonamides is 1. The molecule has 0 unspecified atom stereocenters. The standard InChI is InChI=1S/C14H23NO3S/c1-11(2)18-9-5-8-15-19(16,17)14-7-6-12(3)10-13(14)4/h6-7,10-11,15H,5,8-9H2,1-4H3. The van der Waals surface area contributed by atoms with Crippen LogP contribution in [0.5, 0.6) is 0 Å². The third kappa shape index (κ3) is 5.30. The van der Waals surface area contributed by atoms with Crippen molar-refractivity contribution in [3.8, 4) is 0 Å². The predicted octanol–water partition coefficient (Wildman–Crippen LogP) is 2.40. The fourth-order valence-corrected chi connectivity index (χ4v) is 3.07. The van der Waals surface area contributed by atoms with Gasteiger partial charge in [-0.05, 0) is 45.7 Å². The first-order valence-corrected chi connectivity index (χ1v) is 8.00. The van der Waals surface area contributed by atoms with E-state index in [0.29, 0.717) is 24.5 Å². The minimum Gasteiger partial charge on any atom is -0.379 e. The zero-order chi connectivity index (χ0) is 14.5. The number of benzene rings is 1. The van der Waals surface area contributed by atoms with Crippen molar-refractivity contribution in [1.29, 1.82) is 0 Å². The van der Waals surface area contributed by atoms with Crippen molar-refractivity contribution >= 4 is 10.0 Å². The molecule has 0 heterocycles. The Kier molecular flexibility index (Phi) is 5.97. The second kappa shape index (κ2) is 7.03. The summed E-state index contributed by atoms with van der Waals surface area (Å²) in [4.78, 5) is 0.350. The van der Waals surface area contributed by atoms with Crippen LogP contribution in [0.1, 0.15) is 31.4 Å².